The summed E-state index contributed by atoms with van der Waals surface area (Å²) in [5, 5.41) is 7.25. The lowest BCUT2D eigenvalue weighted by Crippen LogP contribution is -2.26. The third kappa shape index (κ3) is 4.75. The monoisotopic (exact) mass is 394 g/mol. The molecule has 0 amide bonds. The molecule has 1 aliphatic rings. The van der Waals surface area contributed by atoms with Gasteiger partial charge in [-0.05, 0) is 29.8 Å². The fourth-order valence-electron chi connectivity index (χ4n) is 2.96. The predicted octanol–water partition coefficient (Wildman–Crippen LogP) is 4.01. The van der Waals surface area contributed by atoms with E-state index in [0.717, 1.165) is 23.4 Å². The molecular weight excluding hydrogens is 373 g/mol. The van der Waals surface area contributed by atoms with Crippen molar-refractivity contribution in [2.24, 2.45) is 5.16 Å². The molecule has 1 atom stereocenters. The van der Waals surface area contributed by atoms with Gasteiger partial charge in [0.05, 0.1) is 25.5 Å². The Labute approximate surface area is 161 Å². The highest BCUT2D eigenvalue weighted by molar-refractivity contribution is 6.01. The topological polar surface area (TPSA) is 52.1 Å². The lowest BCUT2D eigenvalue weighted by molar-refractivity contribution is -0.137. The first-order valence-electron chi connectivity index (χ1n) is 8.72. The van der Waals surface area contributed by atoms with Gasteiger partial charge in [-0.2, -0.15) is 13.2 Å². The Morgan fingerprint density at radius 1 is 1.11 bits per heavy atom. The number of ether oxygens (including phenoxy) is 2. The number of halogens is 3. The van der Waals surface area contributed by atoms with E-state index in [0.29, 0.717) is 36.6 Å². The molecule has 2 aromatic carbocycles. The zero-order chi connectivity index (χ0) is 20.1. The Balaban J connectivity index is 1.53. The summed E-state index contributed by atoms with van der Waals surface area (Å²) in [7, 11) is 3.13. The zero-order valence-electron chi connectivity index (χ0n) is 15.5. The van der Waals surface area contributed by atoms with Crippen molar-refractivity contribution in [2.75, 3.05) is 20.8 Å². The normalized spacial score (nSPS) is 16.5. The third-order valence-electron chi connectivity index (χ3n) is 4.41. The molecule has 1 N–H and O–H groups in total. The van der Waals surface area contributed by atoms with Crippen LogP contribution in [0.1, 0.15) is 23.1 Å². The van der Waals surface area contributed by atoms with Crippen LogP contribution in [0.25, 0.3) is 0 Å². The van der Waals surface area contributed by atoms with Gasteiger partial charge in [0.1, 0.15) is 6.10 Å². The Morgan fingerprint density at radius 2 is 1.89 bits per heavy atom. The number of hydrogen-bond donors (Lipinski definition) is 1. The van der Waals surface area contributed by atoms with Crippen molar-refractivity contribution in [3.05, 3.63) is 59.2 Å². The molecule has 8 heteroatoms. The van der Waals surface area contributed by atoms with Crippen LogP contribution in [0, 0.1) is 0 Å². The summed E-state index contributed by atoms with van der Waals surface area (Å²) >= 11 is 0. The molecule has 0 unspecified atom stereocenters. The largest absolute Gasteiger partial charge is 0.493 e. The lowest BCUT2D eigenvalue weighted by atomic mass is 10.0. The van der Waals surface area contributed by atoms with Crippen molar-refractivity contribution in [2.45, 2.75) is 25.2 Å². The van der Waals surface area contributed by atoms with Crippen molar-refractivity contribution in [1.82, 2.24) is 5.32 Å². The second-order valence-electron chi connectivity index (χ2n) is 6.37. The van der Waals surface area contributed by atoms with E-state index in [9.17, 15) is 13.2 Å². The first kappa shape index (κ1) is 20.0. The van der Waals surface area contributed by atoms with Gasteiger partial charge in [-0.15, -0.1) is 0 Å². The van der Waals surface area contributed by atoms with Crippen LogP contribution in [-0.2, 0) is 17.6 Å². The van der Waals surface area contributed by atoms with Crippen LogP contribution in [0.2, 0.25) is 0 Å². The van der Waals surface area contributed by atoms with Gasteiger partial charge in [-0.1, -0.05) is 23.4 Å². The summed E-state index contributed by atoms with van der Waals surface area (Å²) in [6.07, 6.45) is -3.94. The van der Waals surface area contributed by atoms with E-state index in [2.05, 4.69) is 10.5 Å². The maximum absolute atomic E-state index is 12.8. The van der Waals surface area contributed by atoms with Gasteiger partial charge in [0, 0.05) is 25.1 Å². The van der Waals surface area contributed by atoms with Crippen molar-refractivity contribution >= 4 is 5.71 Å². The van der Waals surface area contributed by atoms with Crippen LogP contribution in [0.3, 0.4) is 0 Å². The number of benzene rings is 2. The number of nitrogens with one attached hydrogen (secondary N) is 1. The number of hydrogen-bond acceptors (Lipinski definition) is 5. The molecule has 0 spiro atoms. The summed E-state index contributed by atoms with van der Waals surface area (Å²) < 4.78 is 48.8. The summed E-state index contributed by atoms with van der Waals surface area (Å²) in [5.74, 6) is 1.24. The minimum atomic E-state index is -4.34. The van der Waals surface area contributed by atoms with Crippen LogP contribution in [0.4, 0.5) is 13.2 Å². The van der Waals surface area contributed by atoms with Crippen molar-refractivity contribution in [3.8, 4) is 11.5 Å². The highest BCUT2D eigenvalue weighted by Gasteiger charge is 2.30. The third-order valence-corrected chi connectivity index (χ3v) is 4.41. The van der Waals surface area contributed by atoms with E-state index in [-0.39, 0.29) is 6.10 Å². The maximum atomic E-state index is 12.8. The average Bonchev–Trinajstić information content (AvgIpc) is 3.16. The SMILES string of the molecule is COc1ccc(C2=NO[C@H](CNCc3cccc(C(F)(F)F)c3)C2)cc1OC. The van der Waals surface area contributed by atoms with Crippen molar-refractivity contribution in [3.63, 3.8) is 0 Å². The zero-order valence-corrected chi connectivity index (χ0v) is 15.5. The number of nitrogens with zero attached hydrogens (tertiary/aromatic N) is 1. The Hall–Kier alpha value is -2.74. The Kier molecular flexibility index (Phi) is 6.08. The van der Waals surface area contributed by atoms with Crippen LogP contribution in [0.5, 0.6) is 11.5 Å². The quantitative estimate of drug-likeness (QED) is 0.771. The van der Waals surface area contributed by atoms with Gasteiger partial charge >= 0.3 is 6.18 Å². The molecule has 0 aliphatic carbocycles. The van der Waals surface area contributed by atoms with Gasteiger partial charge in [-0.3, -0.25) is 0 Å². The molecule has 2 aromatic rings. The number of alkyl halides is 3. The second-order valence-corrected chi connectivity index (χ2v) is 6.37. The first-order chi connectivity index (χ1) is 13.4. The van der Waals surface area contributed by atoms with Gasteiger partial charge in [-0.25, -0.2) is 0 Å². The van der Waals surface area contributed by atoms with Crippen LogP contribution in [-0.4, -0.2) is 32.6 Å². The molecule has 0 saturated heterocycles. The molecule has 28 heavy (non-hydrogen) atoms. The number of oxime groups is 1. The fourth-order valence-corrected chi connectivity index (χ4v) is 2.96. The highest BCUT2D eigenvalue weighted by Crippen LogP contribution is 2.30. The number of methoxy groups -OCH3 is 2. The molecule has 5 nitrogen and oxygen atoms in total. The summed E-state index contributed by atoms with van der Waals surface area (Å²) in [4.78, 5) is 5.44. The van der Waals surface area contributed by atoms with Gasteiger partial charge in [0.25, 0.3) is 0 Å². The number of rotatable bonds is 7. The van der Waals surface area contributed by atoms with E-state index in [4.69, 9.17) is 14.3 Å². The summed E-state index contributed by atoms with van der Waals surface area (Å²) in [6.45, 7) is 0.784. The van der Waals surface area contributed by atoms with Gasteiger partial charge < -0.3 is 19.6 Å². The maximum Gasteiger partial charge on any atom is 0.416 e. The molecule has 0 saturated carbocycles. The van der Waals surface area contributed by atoms with Crippen molar-refractivity contribution in [1.29, 1.82) is 0 Å². The Bertz CT molecular complexity index is 853. The molecule has 0 fully saturated rings. The van der Waals surface area contributed by atoms with E-state index in [1.54, 1.807) is 26.4 Å². The molecule has 150 valence electrons. The van der Waals surface area contributed by atoms with Crippen molar-refractivity contribution < 1.29 is 27.5 Å². The standard InChI is InChI=1S/C20H21F3N2O3/c1-26-18-7-6-14(9-19(18)27-2)17-10-16(28-25-17)12-24-11-13-4-3-5-15(8-13)20(21,22)23/h3-9,16,24H,10-12H2,1-2H3/t16-/m0/s1. The van der Waals surface area contributed by atoms with Gasteiger partial charge in [0.15, 0.2) is 11.5 Å². The lowest BCUT2D eigenvalue weighted by Gasteiger charge is -2.12. The van der Waals surface area contributed by atoms with E-state index in [1.165, 1.54) is 6.07 Å². The van der Waals surface area contributed by atoms with Gasteiger partial charge in [0.2, 0.25) is 0 Å². The smallest absolute Gasteiger partial charge is 0.416 e. The average molecular weight is 394 g/mol. The summed E-state index contributed by atoms with van der Waals surface area (Å²) in [5.41, 5.74) is 1.57. The second kappa shape index (κ2) is 8.52. The molecular formula is C20H21F3N2O3. The highest BCUT2D eigenvalue weighted by atomic mass is 19.4. The summed E-state index contributed by atoms with van der Waals surface area (Å²) in [6, 6.07) is 10.8. The minimum Gasteiger partial charge on any atom is -0.493 e. The molecule has 0 radical (unpaired) electrons. The molecule has 1 heterocycles. The molecule has 0 aromatic heterocycles. The van der Waals surface area contributed by atoms with Crippen LogP contribution < -0.4 is 14.8 Å². The Morgan fingerprint density at radius 3 is 2.61 bits per heavy atom. The van der Waals surface area contributed by atoms with E-state index < -0.39 is 11.7 Å². The fraction of sp³-hybridized carbons (Fsp3) is 0.350. The van der Waals surface area contributed by atoms with E-state index in [1.807, 2.05) is 12.1 Å². The molecule has 3 rings (SSSR count). The molecule has 0 bridgehead atoms. The molecule has 1 aliphatic heterocycles. The van der Waals surface area contributed by atoms with Crippen LogP contribution in [0.15, 0.2) is 47.6 Å². The minimum absolute atomic E-state index is 0.186. The first-order valence-corrected chi connectivity index (χ1v) is 8.72. The predicted molar refractivity (Wildman–Crippen MR) is 98.7 cm³/mol. The van der Waals surface area contributed by atoms with E-state index >= 15 is 0 Å². The van der Waals surface area contributed by atoms with Crippen LogP contribution >= 0.6 is 0 Å².